The summed E-state index contributed by atoms with van der Waals surface area (Å²) in [5.74, 6) is 0.967. The number of imidazole rings is 1. The summed E-state index contributed by atoms with van der Waals surface area (Å²) in [6, 6.07) is 23.2. The molecule has 0 saturated heterocycles. The number of aromatic nitrogens is 2. The van der Waals surface area contributed by atoms with Gasteiger partial charge in [-0.2, -0.15) is 0 Å². The van der Waals surface area contributed by atoms with Crippen molar-refractivity contribution in [2.24, 2.45) is 5.92 Å². The first-order valence-electron chi connectivity index (χ1n) is 12.9. The lowest BCUT2D eigenvalue weighted by Gasteiger charge is -2.22. The highest BCUT2D eigenvalue weighted by molar-refractivity contribution is 5.99. The second kappa shape index (κ2) is 10.9. The number of nitrogens with one attached hydrogen (secondary N) is 1. The fourth-order valence-corrected chi connectivity index (χ4v) is 4.34. The number of rotatable bonds is 9. The van der Waals surface area contributed by atoms with Gasteiger partial charge in [0.1, 0.15) is 12.3 Å². The van der Waals surface area contributed by atoms with Crippen LogP contribution in [-0.4, -0.2) is 46.5 Å². The summed E-state index contributed by atoms with van der Waals surface area (Å²) in [5.41, 5.74) is 5.41. The minimum absolute atomic E-state index is 0.0623. The lowest BCUT2D eigenvalue weighted by atomic mass is 10.1. The van der Waals surface area contributed by atoms with Gasteiger partial charge in [-0.3, -0.25) is 19.5 Å². The number of carbonyl (C=O) groups is 2. The van der Waals surface area contributed by atoms with Crippen LogP contribution in [-0.2, 0) is 4.79 Å². The van der Waals surface area contributed by atoms with Crippen molar-refractivity contribution in [1.29, 1.82) is 0 Å². The Hall–Kier alpha value is -4.39. The number of hydrogen-bond donors (Lipinski definition) is 1. The average molecular weight is 509 g/mol. The maximum absolute atomic E-state index is 13.4. The summed E-state index contributed by atoms with van der Waals surface area (Å²) in [5, 5.41) is 2.97. The zero-order valence-electron chi connectivity index (χ0n) is 22.0. The van der Waals surface area contributed by atoms with Crippen molar-refractivity contribution in [3.63, 3.8) is 0 Å². The van der Waals surface area contributed by atoms with Gasteiger partial charge < -0.3 is 9.64 Å². The number of amides is 2. The largest absolute Gasteiger partial charge is 0.497 e. The normalized spacial score (nSPS) is 12.7. The molecule has 0 spiro atoms. The molecule has 3 aromatic carbocycles. The van der Waals surface area contributed by atoms with E-state index in [1.807, 2.05) is 73.1 Å². The van der Waals surface area contributed by atoms with Crippen LogP contribution in [0, 0.1) is 19.8 Å². The smallest absolute Gasteiger partial charge is 0.254 e. The van der Waals surface area contributed by atoms with E-state index in [9.17, 15) is 9.59 Å². The highest BCUT2D eigenvalue weighted by Gasteiger charge is 2.29. The van der Waals surface area contributed by atoms with Crippen LogP contribution in [0.5, 0.6) is 5.75 Å². The van der Waals surface area contributed by atoms with E-state index in [-0.39, 0.29) is 18.4 Å². The SMILES string of the molecule is COc1cccc(C(=O)N(CC(=O)Nc2nc(-c3ccc(C)cc3)cn2-c2ccc(C)cc2)CC2CC2)c1. The van der Waals surface area contributed by atoms with Gasteiger partial charge >= 0.3 is 0 Å². The van der Waals surface area contributed by atoms with Gasteiger partial charge in [-0.15, -0.1) is 0 Å². The van der Waals surface area contributed by atoms with E-state index < -0.39 is 0 Å². The molecule has 0 atom stereocenters. The second-order valence-corrected chi connectivity index (χ2v) is 9.93. The van der Waals surface area contributed by atoms with Crippen molar-refractivity contribution in [3.05, 3.63) is 95.7 Å². The first-order valence-corrected chi connectivity index (χ1v) is 12.9. The Bertz CT molecular complexity index is 1440. The fourth-order valence-electron chi connectivity index (χ4n) is 4.34. The Morgan fingerprint density at radius 1 is 1.00 bits per heavy atom. The van der Waals surface area contributed by atoms with Crippen LogP contribution in [0.4, 0.5) is 5.95 Å². The van der Waals surface area contributed by atoms with E-state index in [2.05, 4.69) is 5.32 Å². The molecule has 1 aromatic heterocycles. The molecule has 4 aromatic rings. The van der Waals surface area contributed by atoms with Crippen molar-refractivity contribution in [1.82, 2.24) is 14.5 Å². The van der Waals surface area contributed by atoms with Gasteiger partial charge in [-0.25, -0.2) is 4.98 Å². The van der Waals surface area contributed by atoms with E-state index in [1.54, 1.807) is 36.3 Å². The van der Waals surface area contributed by atoms with Crippen LogP contribution in [0.15, 0.2) is 79.0 Å². The van der Waals surface area contributed by atoms with Crippen molar-refractivity contribution in [2.75, 3.05) is 25.5 Å². The molecule has 7 heteroatoms. The topological polar surface area (TPSA) is 76.5 Å². The number of carbonyl (C=O) groups excluding carboxylic acids is 2. The molecule has 38 heavy (non-hydrogen) atoms. The summed E-state index contributed by atoms with van der Waals surface area (Å²) in [6.07, 6.45) is 4.07. The van der Waals surface area contributed by atoms with E-state index in [1.165, 1.54) is 0 Å². The number of methoxy groups -OCH3 is 1. The molecule has 1 N–H and O–H groups in total. The van der Waals surface area contributed by atoms with Crippen LogP contribution in [0.2, 0.25) is 0 Å². The highest BCUT2D eigenvalue weighted by Crippen LogP contribution is 2.30. The highest BCUT2D eigenvalue weighted by atomic mass is 16.5. The first-order chi connectivity index (χ1) is 18.4. The van der Waals surface area contributed by atoms with Gasteiger partial charge in [0.05, 0.1) is 12.8 Å². The van der Waals surface area contributed by atoms with E-state index >= 15 is 0 Å². The Kier molecular flexibility index (Phi) is 7.26. The first kappa shape index (κ1) is 25.3. The number of benzene rings is 3. The van der Waals surface area contributed by atoms with E-state index in [0.717, 1.165) is 40.9 Å². The Morgan fingerprint density at radius 2 is 1.68 bits per heavy atom. The Morgan fingerprint density at radius 3 is 2.34 bits per heavy atom. The number of aryl methyl sites for hydroxylation is 2. The predicted molar refractivity (Wildman–Crippen MR) is 149 cm³/mol. The number of anilines is 1. The van der Waals surface area contributed by atoms with E-state index in [4.69, 9.17) is 9.72 Å². The number of hydrogen-bond acceptors (Lipinski definition) is 4. The predicted octanol–water partition coefficient (Wildman–Crippen LogP) is 5.66. The minimum atomic E-state index is -0.295. The molecule has 0 unspecified atom stereocenters. The van der Waals surface area contributed by atoms with Gasteiger partial charge in [0, 0.05) is 29.6 Å². The number of ether oxygens (including phenoxy) is 1. The third-order valence-electron chi connectivity index (χ3n) is 6.73. The van der Waals surface area contributed by atoms with E-state index in [0.29, 0.717) is 29.7 Å². The van der Waals surface area contributed by atoms with Crippen LogP contribution in [0.1, 0.15) is 34.3 Å². The molecule has 1 aliphatic carbocycles. The third-order valence-corrected chi connectivity index (χ3v) is 6.73. The van der Waals surface area contributed by atoms with Gasteiger partial charge in [-0.05, 0) is 62.9 Å². The fraction of sp³-hybridized carbons (Fsp3) is 0.258. The molecule has 1 fully saturated rings. The molecule has 1 aliphatic rings. The molecule has 0 bridgehead atoms. The van der Waals surface area contributed by atoms with Gasteiger partial charge in [0.2, 0.25) is 11.9 Å². The second-order valence-electron chi connectivity index (χ2n) is 9.93. The van der Waals surface area contributed by atoms with Crippen molar-refractivity contribution in [2.45, 2.75) is 26.7 Å². The Balaban J connectivity index is 1.40. The van der Waals surface area contributed by atoms with Crippen molar-refractivity contribution >= 4 is 17.8 Å². The summed E-state index contributed by atoms with van der Waals surface area (Å²) < 4.78 is 7.16. The minimum Gasteiger partial charge on any atom is -0.497 e. The Labute approximate surface area is 223 Å². The zero-order valence-corrected chi connectivity index (χ0v) is 22.0. The summed E-state index contributed by atoms with van der Waals surface area (Å²) in [7, 11) is 1.57. The summed E-state index contributed by atoms with van der Waals surface area (Å²) in [4.78, 5) is 33.1. The third kappa shape index (κ3) is 5.94. The van der Waals surface area contributed by atoms with Gasteiger partial charge in [0.15, 0.2) is 0 Å². The molecule has 0 radical (unpaired) electrons. The molecule has 1 saturated carbocycles. The monoisotopic (exact) mass is 508 g/mol. The van der Waals surface area contributed by atoms with Crippen LogP contribution in [0.3, 0.4) is 0 Å². The van der Waals surface area contributed by atoms with Crippen LogP contribution < -0.4 is 10.1 Å². The zero-order chi connectivity index (χ0) is 26.6. The molecule has 2 amide bonds. The molecular formula is C31H32N4O3. The lowest BCUT2D eigenvalue weighted by Crippen LogP contribution is -2.39. The quantitative estimate of drug-likeness (QED) is 0.317. The molecule has 5 rings (SSSR count). The molecule has 194 valence electrons. The molecule has 7 nitrogen and oxygen atoms in total. The average Bonchev–Trinajstić information content (AvgIpc) is 3.66. The maximum atomic E-state index is 13.4. The standard InChI is InChI=1S/C31H32N4O3/c1-21-7-13-24(14-8-21)28-19-35(26-15-9-22(2)10-16-26)31(32-28)33-29(36)20-34(18-23-11-12-23)30(37)25-5-4-6-27(17-25)38-3/h4-10,13-17,19,23H,11-12,18,20H2,1-3H3,(H,32,33,36). The van der Waals surface area contributed by atoms with Crippen LogP contribution in [0.25, 0.3) is 16.9 Å². The van der Waals surface area contributed by atoms with Crippen LogP contribution >= 0.6 is 0 Å². The summed E-state index contributed by atoms with van der Waals surface area (Å²) >= 11 is 0. The van der Waals surface area contributed by atoms with Gasteiger partial charge in [-0.1, -0.05) is 53.6 Å². The van der Waals surface area contributed by atoms with Crippen molar-refractivity contribution in [3.8, 4) is 22.7 Å². The number of nitrogens with zero attached hydrogens (tertiary/aromatic N) is 3. The molecule has 1 heterocycles. The van der Waals surface area contributed by atoms with Gasteiger partial charge in [0.25, 0.3) is 5.91 Å². The summed E-state index contributed by atoms with van der Waals surface area (Å²) in [6.45, 7) is 4.56. The lowest BCUT2D eigenvalue weighted by molar-refractivity contribution is -0.117. The molecular weight excluding hydrogens is 476 g/mol. The molecule has 0 aliphatic heterocycles. The van der Waals surface area contributed by atoms with Crippen molar-refractivity contribution < 1.29 is 14.3 Å². The maximum Gasteiger partial charge on any atom is 0.254 e.